The molecule has 5 aromatic rings. The number of nitrogens with zero attached hydrogens (tertiary/aromatic N) is 16. The van der Waals surface area contributed by atoms with E-state index < -0.39 is 92.4 Å². The fourth-order valence-corrected chi connectivity index (χ4v) is 16.9. The van der Waals surface area contributed by atoms with Crippen LogP contribution >= 0.6 is 25.5 Å². The molecule has 2 amide bonds. The van der Waals surface area contributed by atoms with E-state index in [9.17, 15) is 33.9 Å². The fraction of sp³-hybridized carbons (Fsp3) is 0.765. The van der Waals surface area contributed by atoms with Crippen molar-refractivity contribution in [1.29, 1.82) is 15.8 Å². The monoisotopic (exact) mass is 1580 g/mol. The first-order chi connectivity index (χ1) is 50.8. The number of hydrogen-bond acceptors (Lipinski definition) is 28. The predicted molar refractivity (Wildman–Crippen MR) is 410 cm³/mol. The molecule has 2 aliphatic rings. The molecule has 2 fully saturated rings. The highest BCUT2D eigenvalue weighted by molar-refractivity contribution is 7.47. The molecule has 0 aromatic carbocycles. The summed E-state index contributed by atoms with van der Waals surface area (Å²) >= 11 is 0. The number of alkyl halides is 2. The number of carbonyl (C=O) groups is 2. The summed E-state index contributed by atoms with van der Waals surface area (Å²) in [6.07, 6.45) is -6.68. The van der Waals surface area contributed by atoms with Gasteiger partial charge in [0, 0.05) is 72.3 Å². The van der Waals surface area contributed by atoms with Crippen molar-refractivity contribution < 1.29 is 60.7 Å². The lowest BCUT2D eigenvalue weighted by atomic mass is 10.1. The number of amides is 2. The van der Waals surface area contributed by atoms with E-state index in [0.29, 0.717) is 49.3 Å². The average molecular weight is 1580 g/mol. The molecule has 2 unspecified atom stereocenters. The number of imidazole rings is 2. The smallest absolute Gasteiger partial charge is 0.280 e. The average Bonchev–Trinajstić information content (AvgIpc) is 1.62. The third-order valence-electron chi connectivity index (χ3n) is 15.4. The number of carbonyl (C=O) groups excluding carboxylic acids is 2. The summed E-state index contributed by atoms with van der Waals surface area (Å²) in [5.74, 6) is -1.63. The molecule has 7 heterocycles. The number of nitriles is 3. The zero-order valence-electron chi connectivity index (χ0n) is 67.1. The molecule has 0 saturated carbocycles. The van der Waals surface area contributed by atoms with Crippen LogP contribution in [0.3, 0.4) is 0 Å². The molecular formula is C68H119F2N22O13P3. The van der Waals surface area contributed by atoms with Gasteiger partial charge in [0.25, 0.3) is 28.2 Å². The van der Waals surface area contributed by atoms with Gasteiger partial charge in [-0.1, -0.05) is 60.6 Å². The van der Waals surface area contributed by atoms with Crippen LogP contribution in [0, 0.1) is 45.8 Å². The third-order valence-corrected chi connectivity index (χ3v) is 22.7. The van der Waals surface area contributed by atoms with Gasteiger partial charge < -0.3 is 47.6 Å². The van der Waals surface area contributed by atoms with E-state index in [1.54, 1.807) is 27.7 Å². The number of hydrogen-bond donors (Lipinski definition) is 8. The molecule has 2 aliphatic heterocycles. The minimum atomic E-state index is -1.92. The van der Waals surface area contributed by atoms with Gasteiger partial charge in [0.1, 0.15) is 24.4 Å². The molecule has 0 bridgehead atoms. The number of aliphatic hydroxyl groups is 2. The first-order valence-electron chi connectivity index (χ1n) is 36.5. The van der Waals surface area contributed by atoms with Crippen LogP contribution in [0.2, 0.25) is 0 Å². The van der Waals surface area contributed by atoms with Crippen LogP contribution in [-0.4, -0.2) is 231 Å². The number of fused-ring (bicyclic) bond motifs is 2. The quantitative estimate of drug-likeness (QED) is 0.0138. The van der Waals surface area contributed by atoms with E-state index in [2.05, 4.69) is 177 Å². The summed E-state index contributed by atoms with van der Waals surface area (Å²) in [4.78, 5) is 71.0. The van der Waals surface area contributed by atoms with Crippen LogP contribution in [-0.2, 0) is 41.7 Å². The van der Waals surface area contributed by atoms with Crippen LogP contribution < -0.4 is 27.1 Å². The van der Waals surface area contributed by atoms with Crippen molar-refractivity contribution in [2.75, 3.05) is 43.7 Å². The number of ether oxygens (including phenoxy) is 2. The minimum Gasteiger partial charge on any atom is -0.394 e. The Hall–Kier alpha value is -6.23. The Labute approximate surface area is 637 Å². The molecular weight excluding hydrogens is 1460 g/mol. The van der Waals surface area contributed by atoms with Gasteiger partial charge in [-0.05, 0) is 111 Å². The zero-order chi connectivity index (χ0) is 81.6. The molecule has 108 heavy (non-hydrogen) atoms. The molecule has 2 saturated heterocycles. The summed E-state index contributed by atoms with van der Waals surface area (Å²) in [7, 11) is -4.48. The Morgan fingerprint density at radius 2 is 0.981 bits per heavy atom. The normalized spacial score (nSPS) is 19.4. The third kappa shape index (κ3) is 29.1. The molecule has 0 aliphatic carbocycles. The fourth-order valence-electron chi connectivity index (χ4n) is 11.2. The molecule has 608 valence electrons. The van der Waals surface area contributed by atoms with Crippen molar-refractivity contribution >= 4 is 71.5 Å². The van der Waals surface area contributed by atoms with Crippen molar-refractivity contribution in [2.24, 2.45) is 11.8 Å². The topological polar surface area (TPSA) is 441 Å². The first-order valence-corrected chi connectivity index (χ1v) is 39.9. The second-order valence-electron chi connectivity index (χ2n) is 28.6. The molecule has 0 spiro atoms. The van der Waals surface area contributed by atoms with Gasteiger partial charge in [-0.25, -0.2) is 37.4 Å². The summed E-state index contributed by atoms with van der Waals surface area (Å²) in [5, 5.41) is 66.7. The second-order valence-corrected chi connectivity index (χ2v) is 33.1. The molecule has 5 aromatic heterocycles. The van der Waals surface area contributed by atoms with Gasteiger partial charge in [-0.2, -0.15) is 31.0 Å². The first kappa shape index (κ1) is 96.0. The van der Waals surface area contributed by atoms with Crippen LogP contribution in [0.1, 0.15) is 198 Å². The number of halogens is 2. The summed E-state index contributed by atoms with van der Waals surface area (Å²) in [5.41, 5.74) is -1.27. The van der Waals surface area contributed by atoms with E-state index in [4.69, 9.17) is 47.7 Å². The maximum Gasteiger partial charge on any atom is 0.280 e. The van der Waals surface area contributed by atoms with Gasteiger partial charge in [0.2, 0.25) is 23.7 Å². The number of H-pyrrole nitrogens is 3. The minimum absolute atomic E-state index is 0.0117. The number of aliphatic hydroxyl groups excluding tert-OH is 2. The van der Waals surface area contributed by atoms with Crippen molar-refractivity contribution in [2.45, 2.75) is 295 Å². The lowest BCUT2D eigenvalue weighted by Gasteiger charge is -2.45. The van der Waals surface area contributed by atoms with Crippen molar-refractivity contribution in [3.8, 4) is 18.2 Å². The van der Waals surface area contributed by atoms with Gasteiger partial charge in [-0.15, -0.1) is 10.2 Å². The highest BCUT2D eigenvalue weighted by Gasteiger charge is 2.51. The zero-order valence-corrected chi connectivity index (χ0v) is 69.8. The molecule has 40 heteroatoms. The number of aromatic amines is 3. The maximum atomic E-state index is 16.9. The van der Waals surface area contributed by atoms with E-state index in [0.717, 1.165) is 0 Å². The maximum absolute atomic E-state index is 16.9. The summed E-state index contributed by atoms with van der Waals surface area (Å²) < 4.78 is 85.0. The standard InChI is InChI=1S/C32H52FN9O7P2.C15H32N3OP.C14H18FN5O5.C6H15N.CH2N4/c1-19(2)29(43)38-32-37-28-26(30(44)39-32)36-18-40(28)31-27(49-51(46-16-12-14-35)42(22(7)8)23(9)10)25(33)24(48-31)17-47-50(45-15-11-13-34)41(20(3)4)21(5)6;1-12(2)17(13(3)4)20(19-11-9-10-16)18(14(5)6)15(7)8;1-5(2)11(23)18-14-17-10-8(12(24)19-14)16-4-20(10)13-9(22)7(15)6(3-21)25-13;1-5(2)7-6(3)4;1-2-4-5-3-1/h18-25,27,31H,11-12,15-17H2,1-10H3,(H2,37,38,39,43,44);12-15H,9,11H2,1-8H3;4-7,9,13,21-22H,3H2,1-2H3,(H2,17,18,19,23,24);5-7H,1-4H3;1H,(H,2,3,4,5)/t24-,25-,27-,31-,50?,51?;;6-,7-,9+,13-;;/m1.1../s1. The predicted octanol–water partition coefficient (Wildman–Crippen LogP) is 10.2. The second kappa shape index (κ2) is 47.9. The van der Waals surface area contributed by atoms with E-state index in [-0.39, 0.29) is 115 Å². The number of aromatic nitrogens is 12. The molecule has 35 nitrogen and oxygen atoms in total. The largest absolute Gasteiger partial charge is 0.394 e. The van der Waals surface area contributed by atoms with Gasteiger partial charge in [0.05, 0.1) is 83.2 Å². The van der Waals surface area contributed by atoms with Gasteiger partial charge in [0.15, 0.2) is 61.9 Å². The summed E-state index contributed by atoms with van der Waals surface area (Å²) in [6, 6.07) is 9.14. The summed E-state index contributed by atoms with van der Waals surface area (Å²) in [6.45, 7) is 48.8. The molecule has 8 N–H and O–H groups in total. The van der Waals surface area contributed by atoms with Crippen molar-refractivity contribution in [3.63, 3.8) is 0 Å². The Bertz CT molecular complexity index is 3600. The lowest BCUT2D eigenvalue weighted by Crippen LogP contribution is -2.43. The van der Waals surface area contributed by atoms with Crippen LogP contribution in [0.4, 0.5) is 20.7 Å². The van der Waals surface area contributed by atoms with Crippen LogP contribution in [0.25, 0.3) is 22.3 Å². The van der Waals surface area contributed by atoms with Gasteiger partial charge in [-0.3, -0.25) is 48.9 Å². The van der Waals surface area contributed by atoms with E-state index >= 15 is 4.39 Å². The number of anilines is 2. The van der Waals surface area contributed by atoms with E-state index in [1.807, 2.05) is 64.7 Å². The number of rotatable bonds is 35. The Balaban J connectivity index is 0.000000434. The lowest BCUT2D eigenvalue weighted by molar-refractivity contribution is -0.119. The van der Waals surface area contributed by atoms with Crippen LogP contribution in [0.5, 0.6) is 0 Å². The van der Waals surface area contributed by atoms with Crippen LogP contribution in [0.15, 0.2) is 28.6 Å². The molecule has 7 rings (SSSR count). The van der Waals surface area contributed by atoms with Crippen molar-refractivity contribution in [3.05, 3.63) is 39.7 Å². The van der Waals surface area contributed by atoms with Crippen molar-refractivity contribution in [1.82, 2.24) is 83.7 Å². The SMILES string of the molecule is CC(C)C(=O)Nc1nc2c(ncn2[C@@H]2O[C@H](CO)[C@@H](F)[C@@H]2O)c(=O)[nH]1.CC(C)C(=O)Nc1nc2c(ncn2[C@@H]2O[C@H](COP(OCCC#N)N(C(C)C)C(C)C)[C@@H](F)[C@H]2OP(OCCC#N)N(C(C)C)C(C)C)c(=O)[nH]1.CC(C)N(C(C)C)P(OCCC#N)N(C(C)C)C(C)C.CC(C)NC(C)C.c1nn[nH]n1. The van der Waals surface area contributed by atoms with Gasteiger partial charge >= 0.3 is 0 Å². The number of tetrazole rings is 1. The number of nitrogens with one attached hydrogen (secondary N) is 6. The highest BCUT2D eigenvalue weighted by atomic mass is 31.2. The molecule has 0 radical (unpaired) electrons. The molecule has 10 atom stereocenters. The highest BCUT2D eigenvalue weighted by Crippen LogP contribution is 2.53. The Morgan fingerprint density at radius 3 is 1.32 bits per heavy atom. The Kier molecular flexibility index (Phi) is 42.5. The Morgan fingerprint density at radius 1 is 0.583 bits per heavy atom. The van der Waals surface area contributed by atoms with E-state index in [1.165, 1.54) is 28.1 Å².